The molecule has 0 aromatic heterocycles. The predicted octanol–water partition coefficient (Wildman–Crippen LogP) is 3.19. The first-order valence-electron chi connectivity index (χ1n) is 7.81. The maximum Gasteiger partial charge on any atom is 0.122 e. The molecule has 0 heterocycles. The smallest absolute Gasteiger partial charge is 0.122 e. The lowest BCUT2D eigenvalue weighted by Crippen LogP contribution is -2.47. The van der Waals surface area contributed by atoms with Crippen molar-refractivity contribution in [3.8, 4) is 5.75 Å². The molecule has 1 aromatic carbocycles. The van der Waals surface area contributed by atoms with E-state index in [4.69, 9.17) is 4.74 Å². The molecule has 0 aliphatic heterocycles. The first-order valence-corrected chi connectivity index (χ1v) is 7.81. The van der Waals surface area contributed by atoms with E-state index in [0.717, 1.165) is 18.7 Å². The minimum absolute atomic E-state index is 0.235. The Kier molecular flexibility index (Phi) is 6.69. The van der Waals surface area contributed by atoms with Gasteiger partial charge in [-0.3, -0.25) is 0 Å². The maximum absolute atomic E-state index is 5.45. The van der Waals surface area contributed by atoms with Crippen LogP contribution in [0, 0.1) is 5.41 Å². The Bertz CT molecular complexity index is 431. The Labute approximate surface area is 130 Å². The fraction of sp³-hybridized carbons (Fsp3) is 0.667. The highest BCUT2D eigenvalue weighted by molar-refractivity contribution is 5.33. The van der Waals surface area contributed by atoms with Gasteiger partial charge in [-0.2, -0.15) is 0 Å². The Balaban J connectivity index is 2.68. The summed E-state index contributed by atoms with van der Waals surface area (Å²) in [6, 6.07) is 9.26. The average Bonchev–Trinajstić information content (AvgIpc) is 2.46. The Hall–Kier alpha value is -1.06. The van der Waals surface area contributed by atoms with Crippen molar-refractivity contribution in [2.24, 2.45) is 5.41 Å². The van der Waals surface area contributed by atoms with E-state index >= 15 is 0 Å². The van der Waals surface area contributed by atoms with Crippen LogP contribution in [0.25, 0.3) is 0 Å². The summed E-state index contributed by atoms with van der Waals surface area (Å²) in [5.41, 5.74) is 1.51. The zero-order valence-electron chi connectivity index (χ0n) is 14.7. The van der Waals surface area contributed by atoms with Gasteiger partial charge in [-0.1, -0.05) is 32.0 Å². The molecule has 0 fully saturated rings. The van der Waals surface area contributed by atoms with Crippen LogP contribution in [0.2, 0.25) is 0 Å². The summed E-state index contributed by atoms with van der Waals surface area (Å²) < 4.78 is 5.45. The molecule has 0 radical (unpaired) electrons. The standard InChI is InChI=1S/C18H32N2O/c1-14(12-16-10-8-9-11-17(16)21-7)20(6)13-18(3,4)15(2)19-5/h8-11,14-15,19H,12-13H2,1-7H3. The van der Waals surface area contributed by atoms with Crippen LogP contribution < -0.4 is 10.1 Å². The number of hydrogen-bond donors (Lipinski definition) is 1. The van der Waals surface area contributed by atoms with E-state index in [1.807, 2.05) is 19.2 Å². The Morgan fingerprint density at radius 1 is 1.24 bits per heavy atom. The summed E-state index contributed by atoms with van der Waals surface area (Å²) in [6.07, 6.45) is 1.00. The third-order valence-corrected chi connectivity index (χ3v) is 4.72. The van der Waals surface area contributed by atoms with Crippen LogP contribution >= 0.6 is 0 Å². The average molecular weight is 292 g/mol. The van der Waals surface area contributed by atoms with Gasteiger partial charge in [-0.25, -0.2) is 0 Å². The molecule has 120 valence electrons. The van der Waals surface area contributed by atoms with Gasteiger partial charge in [0.25, 0.3) is 0 Å². The minimum atomic E-state index is 0.235. The number of nitrogens with one attached hydrogen (secondary N) is 1. The predicted molar refractivity (Wildman–Crippen MR) is 91.1 cm³/mol. The summed E-state index contributed by atoms with van der Waals surface area (Å²) in [5, 5.41) is 3.37. The summed E-state index contributed by atoms with van der Waals surface area (Å²) >= 11 is 0. The van der Waals surface area contributed by atoms with E-state index in [1.165, 1.54) is 5.56 Å². The number of likely N-dealkylation sites (N-methyl/N-ethyl adjacent to an activating group) is 1. The van der Waals surface area contributed by atoms with Crippen molar-refractivity contribution in [3.05, 3.63) is 29.8 Å². The SMILES string of the molecule is CNC(C)C(C)(C)CN(C)C(C)Cc1ccccc1OC. The fourth-order valence-electron chi connectivity index (χ4n) is 2.67. The highest BCUT2D eigenvalue weighted by atomic mass is 16.5. The lowest BCUT2D eigenvalue weighted by molar-refractivity contribution is 0.138. The van der Waals surface area contributed by atoms with E-state index in [-0.39, 0.29) is 5.41 Å². The molecule has 0 spiro atoms. The van der Waals surface area contributed by atoms with Gasteiger partial charge >= 0.3 is 0 Å². The van der Waals surface area contributed by atoms with E-state index in [1.54, 1.807) is 7.11 Å². The summed E-state index contributed by atoms with van der Waals surface area (Å²) in [7, 11) is 5.99. The number of benzene rings is 1. The van der Waals surface area contributed by atoms with Gasteiger partial charge in [0.05, 0.1) is 7.11 Å². The van der Waals surface area contributed by atoms with Crippen molar-refractivity contribution in [3.63, 3.8) is 0 Å². The lowest BCUT2D eigenvalue weighted by atomic mass is 9.84. The van der Waals surface area contributed by atoms with Gasteiger partial charge in [-0.05, 0) is 51.4 Å². The van der Waals surface area contributed by atoms with Crippen LogP contribution in [0.5, 0.6) is 5.75 Å². The Morgan fingerprint density at radius 3 is 2.43 bits per heavy atom. The molecule has 0 saturated carbocycles. The first-order chi connectivity index (χ1) is 9.81. The van der Waals surface area contributed by atoms with Crippen LogP contribution in [-0.2, 0) is 6.42 Å². The second-order valence-corrected chi connectivity index (χ2v) is 6.78. The number of hydrogen-bond acceptors (Lipinski definition) is 3. The fourth-order valence-corrected chi connectivity index (χ4v) is 2.67. The van der Waals surface area contributed by atoms with Crippen molar-refractivity contribution in [2.75, 3.05) is 27.7 Å². The topological polar surface area (TPSA) is 24.5 Å². The van der Waals surface area contributed by atoms with Gasteiger partial charge in [0.2, 0.25) is 0 Å². The molecular weight excluding hydrogens is 260 g/mol. The molecule has 1 N–H and O–H groups in total. The summed E-state index contributed by atoms with van der Waals surface area (Å²) in [5.74, 6) is 0.987. The monoisotopic (exact) mass is 292 g/mol. The zero-order chi connectivity index (χ0) is 16.0. The van der Waals surface area contributed by atoms with Crippen LogP contribution in [0.4, 0.5) is 0 Å². The molecule has 0 saturated heterocycles. The largest absolute Gasteiger partial charge is 0.496 e. The molecule has 1 rings (SSSR count). The number of nitrogens with zero attached hydrogens (tertiary/aromatic N) is 1. The molecule has 21 heavy (non-hydrogen) atoms. The highest BCUT2D eigenvalue weighted by Gasteiger charge is 2.27. The van der Waals surface area contributed by atoms with Crippen molar-refractivity contribution in [1.29, 1.82) is 0 Å². The molecule has 0 aliphatic rings. The second kappa shape index (κ2) is 7.81. The lowest BCUT2D eigenvalue weighted by Gasteiger charge is -2.38. The molecule has 2 atom stereocenters. The van der Waals surface area contributed by atoms with Crippen molar-refractivity contribution < 1.29 is 4.74 Å². The Morgan fingerprint density at radius 2 is 1.86 bits per heavy atom. The molecule has 0 aliphatic carbocycles. The van der Waals surface area contributed by atoms with Crippen LogP contribution in [0.1, 0.15) is 33.3 Å². The molecule has 3 nitrogen and oxygen atoms in total. The van der Waals surface area contributed by atoms with Crippen molar-refractivity contribution in [1.82, 2.24) is 10.2 Å². The molecule has 3 heteroatoms. The van der Waals surface area contributed by atoms with E-state index in [2.05, 4.69) is 57.1 Å². The molecular formula is C18H32N2O. The first kappa shape index (κ1) is 18.0. The van der Waals surface area contributed by atoms with Crippen molar-refractivity contribution >= 4 is 0 Å². The van der Waals surface area contributed by atoms with E-state index in [0.29, 0.717) is 12.1 Å². The summed E-state index contributed by atoms with van der Waals surface area (Å²) in [4.78, 5) is 2.44. The van der Waals surface area contributed by atoms with Gasteiger partial charge in [0.15, 0.2) is 0 Å². The molecule has 0 bridgehead atoms. The van der Waals surface area contributed by atoms with Gasteiger partial charge < -0.3 is 15.0 Å². The van der Waals surface area contributed by atoms with Crippen LogP contribution in [0.15, 0.2) is 24.3 Å². The van der Waals surface area contributed by atoms with Crippen LogP contribution in [0.3, 0.4) is 0 Å². The van der Waals surface area contributed by atoms with E-state index in [9.17, 15) is 0 Å². The molecule has 1 aromatic rings. The van der Waals surface area contributed by atoms with Gasteiger partial charge in [-0.15, -0.1) is 0 Å². The highest BCUT2D eigenvalue weighted by Crippen LogP contribution is 2.24. The number of methoxy groups -OCH3 is 1. The van der Waals surface area contributed by atoms with Crippen LogP contribution in [-0.4, -0.2) is 44.7 Å². The number of ether oxygens (including phenoxy) is 1. The normalized spacial score (nSPS) is 15.0. The minimum Gasteiger partial charge on any atom is -0.496 e. The van der Waals surface area contributed by atoms with E-state index < -0.39 is 0 Å². The molecule has 0 amide bonds. The third-order valence-electron chi connectivity index (χ3n) is 4.72. The molecule has 2 unspecified atom stereocenters. The van der Waals surface area contributed by atoms with Crippen molar-refractivity contribution in [2.45, 2.75) is 46.2 Å². The second-order valence-electron chi connectivity index (χ2n) is 6.78. The zero-order valence-corrected chi connectivity index (χ0v) is 14.7. The third kappa shape index (κ3) is 5.01. The quantitative estimate of drug-likeness (QED) is 0.796. The summed E-state index contributed by atoms with van der Waals surface area (Å²) in [6.45, 7) is 10.2. The number of rotatable bonds is 8. The number of para-hydroxylation sites is 1. The van der Waals surface area contributed by atoms with Gasteiger partial charge in [0, 0.05) is 18.6 Å². The maximum atomic E-state index is 5.45. The van der Waals surface area contributed by atoms with Gasteiger partial charge in [0.1, 0.15) is 5.75 Å².